The lowest BCUT2D eigenvalue weighted by Crippen LogP contribution is -2.27. The highest BCUT2D eigenvalue weighted by Crippen LogP contribution is 2.25. The van der Waals surface area contributed by atoms with Crippen LogP contribution in [0.5, 0.6) is 0 Å². The fraction of sp³-hybridized carbons (Fsp3) is 0.250. The van der Waals surface area contributed by atoms with Gasteiger partial charge in [0.25, 0.3) is 0 Å². The summed E-state index contributed by atoms with van der Waals surface area (Å²) < 4.78 is 21.5. The van der Waals surface area contributed by atoms with Gasteiger partial charge < -0.3 is 14.3 Å². The third-order valence-electron chi connectivity index (χ3n) is 4.55. The Labute approximate surface area is 155 Å². The van der Waals surface area contributed by atoms with Gasteiger partial charge in [-0.1, -0.05) is 12.1 Å². The minimum absolute atomic E-state index is 0.243. The second-order valence-electron chi connectivity index (χ2n) is 6.48. The van der Waals surface area contributed by atoms with Gasteiger partial charge in [-0.3, -0.25) is 4.79 Å². The van der Waals surface area contributed by atoms with Crippen LogP contribution < -0.4 is 5.32 Å². The van der Waals surface area contributed by atoms with Crippen LogP contribution >= 0.6 is 0 Å². The summed E-state index contributed by atoms with van der Waals surface area (Å²) >= 11 is 0. The van der Waals surface area contributed by atoms with Crippen LogP contribution in [0.2, 0.25) is 0 Å². The Kier molecular flexibility index (Phi) is 4.58. The molecule has 138 valence electrons. The average Bonchev–Trinajstić information content (AvgIpc) is 3.37. The normalized spacial score (nSPS) is 14.4. The van der Waals surface area contributed by atoms with Crippen molar-refractivity contribution in [3.05, 3.63) is 65.7 Å². The van der Waals surface area contributed by atoms with E-state index < -0.39 is 0 Å². The van der Waals surface area contributed by atoms with Crippen molar-refractivity contribution >= 4 is 12.0 Å². The maximum absolute atomic E-state index is 13.8. The molecule has 27 heavy (non-hydrogen) atoms. The third-order valence-corrected chi connectivity index (χ3v) is 4.55. The molecule has 3 aromatic rings. The molecule has 0 saturated carbocycles. The zero-order valence-electron chi connectivity index (χ0n) is 14.9. The van der Waals surface area contributed by atoms with Crippen molar-refractivity contribution in [2.75, 3.05) is 0 Å². The number of furan rings is 1. The van der Waals surface area contributed by atoms with Gasteiger partial charge in [0.15, 0.2) is 5.82 Å². The summed E-state index contributed by atoms with van der Waals surface area (Å²) in [6.45, 7) is 2.77. The summed E-state index contributed by atoms with van der Waals surface area (Å²) in [5.41, 5.74) is 0.385. The van der Waals surface area contributed by atoms with Gasteiger partial charge in [0.1, 0.15) is 23.2 Å². The molecular formula is C20H19FN4O2. The first-order chi connectivity index (χ1) is 13.1. The summed E-state index contributed by atoms with van der Waals surface area (Å²) in [7, 11) is 0. The molecule has 1 aromatic carbocycles. The number of aryl methyl sites for hydroxylation is 1. The van der Waals surface area contributed by atoms with Gasteiger partial charge in [0.05, 0.1) is 11.6 Å². The van der Waals surface area contributed by atoms with Crippen molar-refractivity contribution in [1.29, 1.82) is 0 Å². The molecule has 3 heterocycles. The van der Waals surface area contributed by atoms with Crippen molar-refractivity contribution in [1.82, 2.24) is 20.1 Å². The minimum atomic E-state index is -0.352. The highest BCUT2D eigenvalue weighted by Gasteiger charge is 2.21. The highest BCUT2D eigenvalue weighted by molar-refractivity contribution is 5.91. The Morgan fingerprint density at radius 2 is 2.15 bits per heavy atom. The first kappa shape index (κ1) is 17.2. The molecule has 4 rings (SSSR count). The maximum atomic E-state index is 13.8. The standard InChI is InChI=1S/C20H19FN4O2/c1-13(20-24-23-18-7-4-12-25(18)20)22-19(26)11-9-14-8-10-17(27-14)15-5-2-3-6-16(15)21/h2-3,5-6,8-11,13H,4,7,12H2,1H3,(H,22,26)/b11-9+. The monoisotopic (exact) mass is 366 g/mol. The van der Waals surface area contributed by atoms with Crippen molar-refractivity contribution in [3.8, 4) is 11.3 Å². The highest BCUT2D eigenvalue weighted by atomic mass is 19.1. The molecular weight excluding hydrogens is 347 g/mol. The molecule has 0 bridgehead atoms. The van der Waals surface area contributed by atoms with E-state index in [1.807, 2.05) is 6.92 Å². The first-order valence-electron chi connectivity index (χ1n) is 8.87. The van der Waals surface area contributed by atoms with Gasteiger partial charge in [-0.25, -0.2) is 4.39 Å². The Morgan fingerprint density at radius 3 is 3.00 bits per heavy atom. The number of benzene rings is 1. The van der Waals surface area contributed by atoms with Gasteiger partial charge in [-0.05, 0) is 43.7 Å². The van der Waals surface area contributed by atoms with Crippen molar-refractivity contribution in [2.24, 2.45) is 0 Å². The molecule has 1 aliphatic rings. The fourth-order valence-corrected chi connectivity index (χ4v) is 3.23. The summed E-state index contributed by atoms with van der Waals surface area (Å²) in [5, 5.41) is 11.2. The molecule has 0 radical (unpaired) electrons. The summed E-state index contributed by atoms with van der Waals surface area (Å²) in [6, 6.07) is 9.52. The van der Waals surface area contributed by atoms with Gasteiger partial charge in [-0.15, -0.1) is 10.2 Å². The second-order valence-corrected chi connectivity index (χ2v) is 6.48. The quantitative estimate of drug-likeness (QED) is 0.701. The Morgan fingerprint density at radius 1 is 1.30 bits per heavy atom. The molecule has 1 amide bonds. The first-order valence-corrected chi connectivity index (χ1v) is 8.87. The van der Waals surface area contributed by atoms with Crippen molar-refractivity contribution in [3.63, 3.8) is 0 Å². The predicted octanol–water partition coefficient (Wildman–Crippen LogP) is 3.51. The lowest BCUT2D eigenvalue weighted by molar-refractivity contribution is -0.117. The van der Waals surface area contributed by atoms with Crippen LogP contribution in [0.3, 0.4) is 0 Å². The minimum Gasteiger partial charge on any atom is -0.457 e. The van der Waals surface area contributed by atoms with E-state index in [1.165, 1.54) is 12.1 Å². The van der Waals surface area contributed by atoms with Gasteiger partial charge in [-0.2, -0.15) is 0 Å². The van der Waals surface area contributed by atoms with Crippen LogP contribution in [-0.2, 0) is 17.8 Å². The van der Waals surface area contributed by atoms with Crippen LogP contribution in [0.25, 0.3) is 17.4 Å². The Bertz CT molecular complexity index is 1010. The van der Waals surface area contributed by atoms with Gasteiger partial charge in [0.2, 0.25) is 5.91 Å². The topological polar surface area (TPSA) is 73.0 Å². The average molecular weight is 366 g/mol. The number of rotatable bonds is 5. The molecule has 1 N–H and O–H groups in total. The van der Waals surface area contributed by atoms with E-state index in [0.717, 1.165) is 31.0 Å². The largest absolute Gasteiger partial charge is 0.457 e. The maximum Gasteiger partial charge on any atom is 0.244 e. The van der Waals surface area contributed by atoms with Gasteiger partial charge in [0, 0.05) is 19.0 Å². The predicted molar refractivity (Wildman–Crippen MR) is 98.0 cm³/mol. The van der Waals surface area contributed by atoms with Gasteiger partial charge >= 0.3 is 0 Å². The van der Waals surface area contributed by atoms with E-state index in [4.69, 9.17) is 4.42 Å². The molecule has 1 aliphatic heterocycles. The number of aromatic nitrogens is 3. The lowest BCUT2D eigenvalue weighted by atomic mass is 10.1. The summed E-state index contributed by atoms with van der Waals surface area (Å²) in [4.78, 5) is 12.2. The Hall–Kier alpha value is -3.22. The van der Waals surface area contributed by atoms with Crippen molar-refractivity contribution in [2.45, 2.75) is 32.4 Å². The smallest absolute Gasteiger partial charge is 0.244 e. The zero-order valence-corrected chi connectivity index (χ0v) is 14.9. The van der Waals surface area contributed by atoms with Crippen LogP contribution in [0.15, 0.2) is 46.9 Å². The van der Waals surface area contributed by atoms with E-state index in [9.17, 15) is 9.18 Å². The van der Waals surface area contributed by atoms with Crippen LogP contribution in [-0.4, -0.2) is 20.7 Å². The number of carbonyl (C=O) groups is 1. The van der Waals surface area contributed by atoms with E-state index >= 15 is 0 Å². The molecule has 0 saturated heterocycles. The molecule has 0 spiro atoms. The molecule has 1 unspecified atom stereocenters. The van der Waals surface area contributed by atoms with E-state index in [-0.39, 0.29) is 17.8 Å². The van der Waals surface area contributed by atoms with Crippen LogP contribution in [0, 0.1) is 5.82 Å². The number of hydrogen-bond acceptors (Lipinski definition) is 4. The number of fused-ring (bicyclic) bond motifs is 1. The fourth-order valence-electron chi connectivity index (χ4n) is 3.23. The zero-order chi connectivity index (χ0) is 18.8. The van der Waals surface area contributed by atoms with Crippen LogP contribution in [0.1, 0.15) is 36.8 Å². The SMILES string of the molecule is CC(NC(=O)/C=C/c1ccc(-c2ccccc2F)o1)c1nnc2n1CCC2. The lowest BCUT2D eigenvalue weighted by Gasteiger charge is -2.12. The molecule has 2 aromatic heterocycles. The number of hydrogen-bond donors (Lipinski definition) is 1. The number of nitrogens with one attached hydrogen (secondary N) is 1. The van der Waals surface area contributed by atoms with E-state index in [0.29, 0.717) is 17.1 Å². The third kappa shape index (κ3) is 3.53. The molecule has 6 nitrogen and oxygen atoms in total. The van der Waals surface area contributed by atoms with E-state index in [1.54, 1.807) is 36.4 Å². The molecule has 7 heteroatoms. The van der Waals surface area contributed by atoms with Crippen molar-refractivity contribution < 1.29 is 13.6 Å². The molecule has 0 fully saturated rings. The molecule has 0 aliphatic carbocycles. The van der Waals surface area contributed by atoms with E-state index in [2.05, 4.69) is 20.1 Å². The number of halogens is 1. The summed E-state index contributed by atoms with van der Waals surface area (Å²) in [6.07, 6.45) is 4.93. The molecule has 1 atom stereocenters. The number of amides is 1. The number of nitrogens with zero attached hydrogens (tertiary/aromatic N) is 3. The van der Waals surface area contributed by atoms with Crippen LogP contribution in [0.4, 0.5) is 4.39 Å². The summed E-state index contributed by atoms with van der Waals surface area (Å²) in [5.74, 6) is 2.01. The second kappa shape index (κ2) is 7.19. The Balaban J connectivity index is 1.41. The number of carbonyl (C=O) groups excluding carboxylic acids is 1.